The van der Waals surface area contributed by atoms with E-state index in [1.165, 1.54) is 6.08 Å². The number of ether oxygens (including phenoxy) is 1. The van der Waals surface area contributed by atoms with E-state index in [2.05, 4.69) is 10.4 Å². The Morgan fingerprint density at radius 1 is 1.30 bits per heavy atom. The molecule has 142 valence electrons. The summed E-state index contributed by atoms with van der Waals surface area (Å²) in [6, 6.07) is 9.70. The smallest absolute Gasteiger partial charge is 0.331 e. The number of hydrogen-bond acceptors (Lipinski definition) is 5. The van der Waals surface area contributed by atoms with Crippen molar-refractivity contribution in [3.63, 3.8) is 0 Å². The minimum Gasteiger partial charge on any atom is -0.452 e. The van der Waals surface area contributed by atoms with E-state index in [0.717, 1.165) is 11.6 Å². The molecule has 2 aromatic rings. The molecule has 0 atom stereocenters. The Kier molecular flexibility index (Phi) is 7.13. The van der Waals surface area contributed by atoms with Crippen LogP contribution in [0.25, 0.3) is 6.08 Å². The van der Waals surface area contributed by atoms with Gasteiger partial charge in [0.2, 0.25) is 5.91 Å². The van der Waals surface area contributed by atoms with Crippen molar-refractivity contribution in [1.29, 1.82) is 0 Å². The highest BCUT2D eigenvalue weighted by Gasteiger charge is 2.12. The SMILES string of the molecule is Cc1nn(Cc2ccccc2)c(Cl)c1/C=C/C(=O)OCC(=O)NCC(N)=O. The van der Waals surface area contributed by atoms with E-state index in [9.17, 15) is 14.4 Å². The van der Waals surface area contributed by atoms with Crippen molar-refractivity contribution < 1.29 is 19.1 Å². The van der Waals surface area contributed by atoms with Crippen LogP contribution in [0.1, 0.15) is 16.8 Å². The van der Waals surface area contributed by atoms with Gasteiger partial charge in [-0.3, -0.25) is 9.59 Å². The Labute approximate surface area is 160 Å². The Bertz CT molecular complexity index is 862. The van der Waals surface area contributed by atoms with Gasteiger partial charge in [-0.2, -0.15) is 5.10 Å². The molecule has 1 heterocycles. The van der Waals surface area contributed by atoms with Crippen LogP contribution in [0.5, 0.6) is 0 Å². The molecule has 9 heteroatoms. The molecule has 0 fully saturated rings. The van der Waals surface area contributed by atoms with Crippen molar-refractivity contribution in [3.8, 4) is 0 Å². The minimum atomic E-state index is -0.726. The van der Waals surface area contributed by atoms with E-state index < -0.39 is 24.4 Å². The number of benzene rings is 1. The first-order chi connectivity index (χ1) is 12.9. The predicted molar refractivity (Wildman–Crippen MR) is 99.7 cm³/mol. The highest BCUT2D eigenvalue weighted by atomic mass is 35.5. The quantitative estimate of drug-likeness (QED) is 0.516. The second-order valence-corrected chi connectivity index (χ2v) is 5.98. The Hall–Kier alpha value is -3.13. The molecule has 0 aliphatic carbocycles. The van der Waals surface area contributed by atoms with Crippen LogP contribution in [0, 0.1) is 6.92 Å². The number of aryl methyl sites for hydroxylation is 1. The molecule has 2 amide bonds. The number of nitrogens with two attached hydrogens (primary N) is 1. The Morgan fingerprint density at radius 3 is 2.67 bits per heavy atom. The number of carbonyl (C=O) groups excluding carboxylic acids is 3. The summed E-state index contributed by atoms with van der Waals surface area (Å²) in [7, 11) is 0. The average molecular weight is 391 g/mol. The third-order valence-electron chi connectivity index (χ3n) is 3.48. The fraction of sp³-hybridized carbons (Fsp3) is 0.222. The van der Waals surface area contributed by atoms with Gasteiger partial charge in [-0.15, -0.1) is 0 Å². The topological polar surface area (TPSA) is 116 Å². The van der Waals surface area contributed by atoms with Gasteiger partial charge in [-0.25, -0.2) is 9.48 Å². The summed E-state index contributed by atoms with van der Waals surface area (Å²) in [6.45, 7) is 1.44. The van der Waals surface area contributed by atoms with Gasteiger partial charge < -0.3 is 15.8 Å². The van der Waals surface area contributed by atoms with Crippen LogP contribution in [-0.4, -0.2) is 40.7 Å². The number of nitrogens with one attached hydrogen (secondary N) is 1. The highest BCUT2D eigenvalue weighted by Crippen LogP contribution is 2.22. The number of primary amides is 1. The number of esters is 1. The van der Waals surface area contributed by atoms with Crippen LogP contribution < -0.4 is 11.1 Å². The number of amides is 2. The third kappa shape index (κ3) is 6.27. The van der Waals surface area contributed by atoms with Crippen molar-refractivity contribution in [2.45, 2.75) is 13.5 Å². The maximum absolute atomic E-state index is 11.7. The summed E-state index contributed by atoms with van der Waals surface area (Å²) < 4.78 is 6.41. The van der Waals surface area contributed by atoms with Crippen molar-refractivity contribution in [1.82, 2.24) is 15.1 Å². The summed E-state index contributed by atoms with van der Waals surface area (Å²) in [5, 5.41) is 6.97. The van der Waals surface area contributed by atoms with E-state index in [1.54, 1.807) is 11.6 Å². The molecule has 8 nitrogen and oxygen atoms in total. The number of aromatic nitrogens is 2. The fourth-order valence-corrected chi connectivity index (χ4v) is 2.49. The van der Waals surface area contributed by atoms with Gasteiger partial charge in [0.25, 0.3) is 5.91 Å². The van der Waals surface area contributed by atoms with Gasteiger partial charge in [0.1, 0.15) is 5.15 Å². The highest BCUT2D eigenvalue weighted by molar-refractivity contribution is 6.31. The maximum Gasteiger partial charge on any atom is 0.331 e. The first-order valence-electron chi connectivity index (χ1n) is 8.03. The van der Waals surface area contributed by atoms with Gasteiger partial charge in [0.05, 0.1) is 18.8 Å². The molecular weight excluding hydrogens is 372 g/mol. The Morgan fingerprint density at radius 2 is 2.00 bits per heavy atom. The van der Waals surface area contributed by atoms with E-state index in [4.69, 9.17) is 22.1 Å². The lowest BCUT2D eigenvalue weighted by Gasteiger charge is -2.03. The Balaban J connectivity index is 1.95. The molecular formula is C18H19ClN4O4. The first kappa shape index (κ1) is 20.2. The molecule has 0 saturated heterocycles. The number of carbonyl (C=O) groups is 3. The second kappa shape index (κ2) is 9.54. The monoisotopic (exact) mass is 390 g/mol. The summed E-state index contributed by atoms with van der Waals surface area (Å²) >= 11 is 6.35. The van der Waals surface area contributed by atoms with Crippen molar-refractivity contribution >= 4 is 35.5 Å². The fourth-order valence-electron chi connectivity index (χ4n) is 2.19. The van der Waals surface area contributed by atoms with Crippen LogP contribution in [0.4, 0.5) is 0 Å². The third-order valence-corrected chi connectivity index (χ3v) is 3.87. The van der Waals surface area contributed by atoms with Crippen LogP contribution in [0.15, 0.2) is 36.4 Å². The minimum absolute atomic E-state index is 0.318. The normalized spacial score (nSPS) is 10.7. The zero-order valence-electron chi connectivity index (χ0n) is 14.6. The zero-order chi connectivity index (χ0) is 19.8. The molecule has 27 heavy (non-hydrogen) atoms. The molecule has 0 aliphatic rings. The van der Waals surface area contributed by atoms with E-state index in [0.29, 0.717) is 23.0 Å². The summed E-state index contributed by atoms with van der Waals surface area (Å²) in [5.74, 6) is -2.04. The molecule has 3 N–H and O–H groups in total. The standard InChI is InChI=1S/C18H19ClN4O4/c1-12-14(7-8-17(26)27-11-16(25)21-9-15(20)24)18(19)23(22-12)10-13-5-3-2-4-6-13/h2-8H,9-11H2,1H3,(H2,20,24)(H,21,25)/b8-7+. The molecule has 2 rings (SSSR count). The first-order valence-corrected chi connectivity index (χ1v) is 8.41. The zero-order valence-corrected chi connectivity index (χ0v) is 15.4. The molecule has 0 unspecified atom stereocenters. The molecule has 0 aliphatic heterocycles. The van der Waals surface area contributed by atoms with Crippen molar-refractivity contribution in [2.75, 3.05) is 13.2 Å². The van der Waals surface area contributed by atoms with Gasteiger partial charge in [0.15, 0.2) is 6.61 Å². The van der Waals surface area contributed by atoms with E-state index in [-0.39, 0.29) is 6.54 Å². The summed E-state index contributed by atoms with van der Waals surface area (Å²) in [6.07, 6.45) is 2.64. The lowest BCUT2D eigenvalue weighted by Crippen LogP contribution is -2.35. The van der Waals surface area contributed by atoms with Crippen molar-refractivity contribution in [3.05, 3.63) is 58.4 Å². The molecule has 0 saturated carbocycles. The molecule has 1 aromatic carbocycles. The van der Waals surface area contributed by atoms with Crippen LogP contribution in [0.3, 0.4) is 0 Å². The number of rotatable bonds is 8. The van der Waals surface area contributed by atoms with Gasteiger partial charge in [-0.05, 0) is 18.6 Å². The molecule has 0 radical (unpaired) electrons. The number of hydrogen-bond donors (Lipinski definition) is 2. The summed E-state index contributed by atoms with van der Waals surface area (Å²) in [5.41, 5.74) is 7.17. The summed E-state index contributed by atoms with van der Waals surface area (Å²) in [4.78, 5) is 33.6. The molecule has 0 bridgehead atoms. The molecule has 0 spiro atoms. The van der Waals surface area contributed by atoms with E-state index >= 15 is 0 Å². The van der Waals surface area contributed by atoms with Gasteiger partial charge in [0, 0.05) is 11.6 Å². The second-order valence-electron chi connectivity index (χ2n) is 5.62. The van der Waals surface area contributed by atoms with Crippen LogP contribution in [0.2, 0.25) is 5.15 Å². The molecule has 1 aromatic heterocycles. The van der Waals surface area contributed by atoms with Crippen LogP contribution >= 0.6 is 11.6 Å². The van der Waals surface area contributed by atoms with Crippen LogP contribution in [-0.2, 0) is 25.7 Å². The van der Waals surface area contributed by atoms with Gasteiger partial charge >= 0.3 is 5.97 Å². The van der Waals surface area contributed by atoms with E-state index in [1.807, 2.05) is 30.3 Å². The largest absolute Gasteiger partial charge is 0.452 e. The predicted octanol–water partition coefficient (Wildman–Crippen LogP) is 1.05. The lowest BCUT2D eigenvalue weighted by molar-refractivity contribution is -0.143. The lowest BCUT2D eigenvalue weighted by atomic mass is 10.2. The average Bonchev–Trinajstić information content (AvgIpc) is 2.90. The van der Waals surface area contributed by atoms with Crippen molar-refractivity contribution in [2.24, 2.45) is 5.73 Å². The number of nitrogens with zero attached hydrogens (tertiary/aromatic N) is 2. The van der Waals surface area contributed by atoms with Gasteiger partial charge in [-0.1, -0.05) is 41.9 Å². The number of halogens is 1. The maximum atomic E-state index is 11.7.